The maximum absolute atomic E-state index is 13.4. The van der Waals surface area contributed by atoms with Gasteiger partial charge < -0.3 is 10.5 Å². The molecular weight excluding hydrogens is 321 g/mol. The summed E-state index contributed by atoms with van der Waals surface area (Å²) >= 11 is 3.44. The first kappa shape index (κ1) is 15.0. The van der Waals surface area contributed by atoms with Crippen molar-refractivity contribution in [2.45, 2.75) is 18.9 Å². The highest BCUT2D eigenvalue weighted by atomic mass is 79.9. The molecule has 0 aromatic heterocycles. The second kappa shape index (κ2) is 5.94. The first-order valence-corrected chi connectivity index (χ1v) is 7.09. The SMILES string of the molecule is COc1ccccc1C(C)(N)Cc1cc(F)ccc1Br. The van der Waals surface area contributed by atoms with E-state index in [0.717, 1.165) is 21.3 Å². The number of rotatable bonds is 4. The van der Waals surface area contributed by atoms with Crippen molar-refractivity contribution in [3.05, 3.63) is 63.9 Å². The monoisotopic (exact) mass is 337 g/mol. The molecule has 0 bridgehead atoms. The van der Waals surface area contributed by atoms with Crippen LogP contribution in [0, 0.1) is 5.82 Å². The van der Waals surface area contributed by atoms with Crippen LogP contribution >= 0.6 is 15.9 Å². The van der Waals surface area contributed by atoms with E-state index in [4.69, 9.17) is 10.5 Å². The number of benzene rings is 2. The lowest BCUT2D eigenvalue weighted by Crippen LogP contribution is -2.36. The molecule has 0 spiro atoms. The van der Waals surface area contributed by atoms with Gasteiger partial charge in [0.25, 0.3) is 0 Å². The van der Waals surface area contributed by atoms with Crippen LogP contribution in [0.5, 0.6) is 5.75 Å². The Morgan fingerprint density at radius 1 is 1.25 bits per heavy atom. The number of para-hydroxylation sites is 1. The minimum absolute atomic E-state index is 0.265. The van der Waals surface area contributed by atoms with Gasteiger partial charge in [-0.1, -0.05) is 34.1 Å². The molecule has 0 aliphatic rings. The van der Waals surface area contributed by atoms with E-state index in [1.54, 1.807) is 13.2 Å². The van der Waals surface area contributed by atoms with E-state index in [1.165, 1.54) is 12.1 Å². The summed E-state index contributed by atoms with van der Waals surface area (Å²) in [7, 11) is 1.62. The zero-order chi connectivity index (χ0) is 14.8. The minimum atomic E-state index is -0.650. The molecule has 106 valence electrons. The Morgan fingerprint density at radius 3 is 2.65 bits per heavy atom. The van der Waals surface area contributed by atoms with Gasteiger partial charge in [0.15, 0.2) is 0 Å². The second-order valence-electron chi connectivity index (χ2n) is 5.03. The van der Waals surface area contributed by atoms with E-state index >= 15 is 0 Å². The average molecular weight is 338 g/mol. The van der Waals surface area contributed by atoms with Crippen LogP contribution < -0.4 is 10.5 Å². The Morgan fingerprint density at radius 2 is 1.95 bits per heavy atom. The Bertz CT molecular complexity index is 613. The summed E-state index contributed by atoms with van der Waals surface area (Å²) in [4.78, 5) is 0. The second-order valence-corrected chi connectivity index (χ2v) is 5.88. The molecule has 2 rings (SSSR count). The summed E-state index contributed by atoms with van der Waals surface area (Å²) in [5, 5.41) is 0. The molecule has 0 saturated carbocycles. The van der Waals surface area contributed by atoms with Crippen LogP contribution in [-0.4, -0.2) is 7.11 Å². The number of nitrogens with two attached hydrogens (primary N) is 1. The summed E-state index contributed by atoms with van der Waals surface area (Å²) in [6, 6.07) is 12.3. The van der Waals surface area contributed by atoms with E-state index in [2.05, 4.69) is 15.9 Å². The molecule has 2 aromatic carbocycles. The fourth-order valence-electron chi connectivity index (χ4n) is 2.29. The lowest BCUT2D eigenvalue weighted by Gasteiger charge is -2.27. The van der Waals surface area contributed by atoms with Crippen LogP contribution in [0.4, 0.5) is 4.39 Å². The number of ether oxygens (including phenoxy) is 1. The number of hydrogen-bond donors (Lipinski definition) is 1. The van der Waals surface area contributed by atoms with Gasteiger partial charge in [0.05, 0.1) is 7.11 Å². The Labute approximate surface area is 126 Å². The highest BCUT2D eigenvalue weighted by Crippen LogP contribution is 2.32. The van der Waals surface area contributed by atoms with E-state index in [1.807, 2.05) is 31.2 Å². The molecule has 20 heavy (non-hydrogen) atoms. The van der Waals surface area contributed by atoms with Crippen LogP contribution in [0.15, 0.2) is 46.9 Å². The third-order valence-corrected chi connectivity index (χ3v) is 4.06. The molecule has 0 radical (unpaired) electrons. The summed E-state index contributed by atoms with van der Waals surface area (Å²) < 4.78 is 19.6. The molecule has 2 N–H and O–H groups in total. The van der Waals surface area contributed by atoms with Gasteiger partial charge in [-0.15, -0.1) is 0 Å². The molecule has 2 aromatic rings. The van der Waals surface area contributed by atoms with Crippen molar-refractivity contribution in [3.63, 3.8) is 0 Å². The molecule has 2 nitrogen and oxygen atoms in total. The minimum Gasteiger partial charge on any atom is -0.496 e. The molecular formula is C16H17BrFNO. The zero-order valence-electron chi connectivity index (χ0n) is 11.5. The predicted molar refractivity (Wildman–Crippen MR) is 82.3 cm³/mol. The first-order chi connectivity index (χ1) is 9.44. The van der Waals surface area contributed by atoms with Gasteiger partial charge >= 0.3 is 0 Å². The van der Waals surface area contributed by atoms with Gasteiger partial charge in [0.1, 0.15) is 11.6 Å². The van der Waals surface area contributed by atoms with Crippen molar-refractivity contribution in [1.82, 2.24) is 0 Å². The summed E-state index contributed by atoms with van der Waals surface area (Å²) in [6.45, 7) is 1.92. The van der Waals surface area contributed by atoms with Gasteiger partial charge in [-0.3, -0.25) is 0 Å². The van der Waals surface area contributed by atoms with Crippen LogP contribution in [0.1, 0.15) is 18.1 Å². The Balaban J connectivity index is 2.37. The molecule has 0 heterocycles. The largest absolute Gasteiger partial charge is 0.496 e. The fourth-order valence-corrected chi connectivity index (χ4v) is 2.67. The Kier molecular flexibility index (Phi) is 4.45. The lowest BCUT2D eigenvalue weighted by molar-refractivity contribution is 0.386. The normalized spacial score (nSPS) is 13.8. The topological polar surface area (TPSA) is 35.2 Å². The quantitative estimate of drug-likeness (QED) is 0.914. The van der Waals surface area contributed by atoms with Crippen molar-refractivity contribution < 1.29 is 9.13 Å². The number of halogens is 2. The van der Waals surface area contributed by atoms with Crippen molar-refractivity contribution in [1.29, 1.82) is 0 Å². The molecule has 0 fully saturated rings. The highest BCUT2D eigenvalue weighted by Gasteiger charge is 2.26. The van der Waals surface area contributed by atoms with Crippen molar-refractivity contribution in [3.8, 4) is 5.75 Å². The molecule has 0 aliphatic heterocycles. The molecule has 4 heteroatoms. The molecule has 0 amide bonds. The standard InChI is InChI=1S/C16H17BrFNO/c1-16(19,13-5-3-4-6-15(13)20-2)10-11-9-12(18)7-8-14(11)17/h3-9H,10,19H2,1-2H3. The third-order valence-electron chi connectivity index (χ3n) is 3.29. The maximum Gasteiger partial charge on any atom is 0.123 e. The van der Waals surface area contributed by atoms with E-state index in [-0.39, 0.29) is 5.82 Å². The summed E-state index contributed by atoms with van der Waals surface area (Å²) in [5.74, 6) is 0.476. The molecule has 1 atom stereocenters. The average Bonchev–Trinajstić information content (AvgIpc) is 2.42. The lowest BCUT2D eigenvalue weighted by atomic mass is 9.86. The Hall–Kier alpha value is -1.39. The number of methoxy groups -OCH3 is 1. The van der Waals surface area contributed by atoms with Crippen molar-refractivity contribution in [2.75, 3.05) is 7.11 Å². The van der Waals surface area contributed by atoms with Gasteiger partial charge in [-0.05, 0) is 43.2 Å². The van der Waals surface area contributed by atoms with Gasteiger partial charge in [-0.25, -0.2) is 4.39 Å². The predicted octanol–water partition coefficient (Wildman–Crippen LogP) is 4.01. The van der Waals surface area contributed by atoms with Gasteiger partial charge in [0, 0.05) is 15.6 Å². The van der Waals surface area contributed by atoms with Crippen LogP contribution in [0.3, 0.4) is 0 Å². The van der Waals surface area contributed by atoms with Crippen LogP contribution in [0.25, 0.3) is 0 Å². The summed E-state index contributed by atoms with van der Waals surface area (Å²) in [5.41, 5.74) is 7.53. The zero-order valence-corrected chi connectivity index (χ0v) is 13.1. The third kappa shape index (κ3) is 3.19. The highest BCUT2D eigenvalue weighted by molar-refractivity contribution is 9.10. The molecule has 0 saturated heterocycles. The van der Waals surface area contributed by atoms with E-state index < -0.39 is 5.54 Å². The van der Waals surface area contributed by atoms with E-state index in [9.17, 15) is 4.39 Å². The maximum atomic E-state index is 13.4. The molecule has 0 aliphatic carbocycles. The smallest absolute Gasteiger partial charge is 0.123 e. The summed E-state index contributed by atoms with van der Waals surface area (Å²) in [6.07, 6.45) is 0.506. The fraction of sp³-hybridized carbons (Fsp3) is 0.250. The van der Waals surface area contributed by atoms with Gasteiger partial charge in [0.2, 0.25) is 0 Å². The number of hydrogen-bond acceptors (Lipinski definition) is 2. The van der Waals surface area contributed by atoms with Crippen LogP contribution in [0.2, 0.25) is 0 Å². The van der Waals surface area contributed by atoms with Gasteiger partial charge in [-0.2, -0.15) is 0 Å². The van der Waals surface area contributed by atoms with Crippen molar-refractivity contribution in [2.24, 2.45) is 5.73 Å². The van der Waals surface area contributed by atoms with E-state index in [0.29, 0.717) is 6.42 Å². The van der Waals surface area contributed by atoms with Crippen molar-refractivity contribution >= 4 is 15.9 Å². The molecule has 1 unspecified atom stereocenters. The van der Waals surface area contributed by atoms with Crippen LogP contribution in [-0.2, 0) is 12.0 Å². The first-order valence-electron chi connectivity index (χ1n) is 6.30.